The quantitative estimate of drug-likeness (QED) is 0.307. The molecular formula is C29H16O2. The van der Waals surface area contributed by atoms with Crippen molar-refractivity contribution in [2.75, 3.05) is 0 Å². The van der Waals surface area contributed by atoms with Gasteiger partial charge in [-0.15, -0.1) is 0 Å². The minimum atomic E-state index is -0.900. The van der Waals surface area contributed by atoms with Crippen LogP contribution in [0.25, 0.3) is 43.1 Å². The van der Waals surface area contributed by atoms with Gasteiger partial charge in [0.2, 0.25) is 0 Å². The topological polar surface area (TPSA) is 37.3 Å². The first-order chi connectivity index (χ1) is 15.2. The summed E-state index contributed by atoms with van der Waals surface area (Å²) in [6.07, 6.45) is 0. The van der Waals surface area contributed by atoms with Crippen LogP contribution in [0, 0.1) is 20.9 Å². The second-order valence-electron chi connectivity index (χ2n) is 8.20. The van der Waals surface area contributed by atoms with Crippen LogP contribution in [0.4, 0.5) is 0 Å². The summed E-state index contributed by atoms with van der Waals surface area (Å²) < 4.78 is 0. The van der Waals surface area contributed by atoms with E-state index in [1.54, 1.807) is 6.07 Å². The number of hydrogen-bond donors (Lipinski definition) is 1. The Balaban J connectivity index is 2.10. The van der Waals surface area contributed by atoms with Crippen LogP contribution in [-0.4, -0.2) is 11.1 Å². The summed E-state index contributed by atoms with van der Waals surface area (Å²) in [5.41, 5.74) is 0.318. The van der Waals surface area contributed by atoms with Gasteiger partial charge in [-0.2, -0.15) is 0 Å². The Labute approximate surface area is 176 Å². The Kier molecular flexibility index (Phi) is 3.06. The summed E-state index contributed by atoms with van der Waals surface area (Å²) in [4.78, 5) is 11.8. The third-order valence-corrected chi connectivity index (χ3v) is 6.70. The third kappa shape index (κ3) is 1.99. The lowest BCUT2D eigenvalue weighted by Gasteiger charge is -2.17. The average molecular weight is 396 g/mol. The standard InChI is InChI=1S/C29H16O2/c30-29(31)16-13-14-23-24(15-16)28-22-12-6-5-11-21(22)27(23)25-17-7-1-3-9-19(17)26(28)20-10-4-2-8-18(20)25/h1-15H,(H,30,31). The van der Waals surface area contributed by atoms with Gasteiger partial charge in [-0.05, 0) is 76.1 Å². The van der Waals surface area contributed by atoms with E-state index in [-0.39, 0.29) is 0 Å². The number of benzene rings is 6. The fraction of sp³-hybridized carbons (Fsp3) is 0. The largest absolute Gasteiger partial charge is 0.478 e. The zero-order chi connectivity index (χ0) is 20.7. The van der Waals surface area contributed by atoms with E-state index in [2.05, 4.69) is 72.8 Å². The van der Waals surface area contributed by atoms with E-state index in [0.717, 1.165) is 16.0 Å². The molecule has 144 valence electrons. The number of carboxylic acid groups (broad SMARTS) is 1. The zero-order valence-electron chi connectivity index (χ0n) is 16.5. The average Bonchev–Trinajstić information content (AvgIpc) is 2.79. The molecule has 1 N–H and O–H groups in total. The molecular weight excluding hydrogens is 380 g/mol. The summed E-state index contributed by atoms with van der Waals surface area (Å²) in [6.45, 7) is 0. The molecule has 0 saturated heterocycles. The molecule has 0 radical (unpaired) electrons. The van der Waals surface area contributed by atoms with Gasteiger partial charge >= 0.3 is 5.97 Å². The molecule has 6 aromatic rings. The Morgan fingerprint density at radius 1 is 0.452 bits per heavy atom. The SMILES string of the molecule is O=C(O)c1ccc2c3c4ccccc4c(c2c1)=c1c2ccccc2c=3c2ccccc12. The lowest BCUT2D eigenvalue weighted by Crippen LogP contribution is -1.99. The molecule has 2 heteroatoms. The number of hydrogen-bond acceptors (Lipinski definition) is 1. The molecule has 0 fully saturated rings. The van der Waals surface area contributed by atoms with Crippen molar-refractivity contribution < 1.29 is 9.90 Å². The van der Waals surface area contributed by atoms with Gasteiger partial charge in [-0.25, -0.2) is 4.79 Å². The summed E-state index contributed by atoms with van der Waals surface area (Å²) >= 11 is 0. The van der Waals surface area contributed by atoms with Crippen LogP contribution in [-0.2, 0) is 0 Å². The molecule has 0 atom stereocenters. The van der Waals surface area contributed by atoms with E-state index in [4.69, 9.17) is 0 Å². The van der Waals surface area contributed by atoms with Gasteiger partial charge in [0.05, 0.1) is 5.56 Å². The lowest BCUT2D eigenvalue weighted by atomic mass is 9.86. The Hall–Kier alpha value is -4.17. The molecule has 0 aromatic heterocycles. The molecule has 4 aliphatic carbocycles. The lowest BCUT2D eigenvalue weighted by molar-refractivity contribution is 0.0697. The fourth-order valence-electron chi connectivity index (χ4n) is 5.52. The van der Waals surface area contributed by atoms with Gasteiger partial charge in [0.25, 0.3) is 0 Å². The summed E-state index contributed by atoms with van der Waals surface area (Å²) in [5.74, 6) is -0.900. The van der Waals surface area contributed by atoms with E-state index in [1.165, 1.54) is 48.0 Å². The minimum Gasteiger partial charge on any atom is -0.478 e. The molecule has 31 heavy (non-hydrogen) atoms. The first kappa shape index (κ1) is 16.6. The maximum absolute atomic E-state index is 11.8. The normalized spacial score (nSPS) is 12.1. The third-order valence-electron chi connectivity index (χ3n) is 6.70. The summed E-state index contributed by atoms with van der Waals surface area (Å²) in [6, 6.07) is 31.3. The van der Waals surface area contributed by atoms with E-state index in [1.807, 2.05) is 12.1 Å². The van der Waals surface area contributed by atoms with Gasteiger partial charge in [0, 0.05) is 0 Å². The van der Waals surface area contributed by atoms with Crippen molar-refractivity contribution in [2.24, 2.45) is 0 Å². The van der Waals surface area contributed by atoms with Crippen LogP contribution in [0.15, 0.2) is 91.0 Å². The van der Waals surface area contributed by atoms with Crippen LogP contribution in [0.1, 0.15) is 10.4 Å². The van der Waals surface area contributed by atoms with Crippen molar-refractivity contribution in [3.05, 3.63) is 117 Å². The van der Waals surface area contributed by atoms with Crippen molar-refractivity contribution in [1.82, 2.24) is 0 Å². The van der Waals surface area contributed by atoms with Crippen molar-refractivity contribution in [2.45, 2.75) is 0 Å². The summed E-state index contributed by atoms with van der Waals surface area (Å²) in [7, 11) is 0. The molecule has 4 bridgehead atoms. The highest BCUT2D eigenvalue weighted by atomic mass is 16.4. The second-order valence-corrected chi connectivity index (χ2v) is 8.20. The van der Waals surface area contributed by atoms with E-state index >= 15 is 0 Å². The van der Waals surface area contributed by atoms with Gasteiger partial charge in [0.15, 0.2) is 0 Å². The zero-order valence-corrected chi connectivity index (χ0v) is 16.5. The van der Waals surface area contributed by atoms with Crippen LogP contribution < -0.4 is 0 Å². The van der Waals surface area contributed by atoms with Crippen molar-refractivity contribution in [1.29, 1.82) is 0 Å². The maximum Gasteiger partial charge on any atom is 0.335 e. The number of carbonyl (C=O) groups is 1. The van der Waals surface area contributed by atoms with Gasteiger partial charge in [-0.3, -0.25) is 0 Å². The Morgan fingerprint density at radius 3 is 1.13 bits per heavy atom. The Morgan fingerprint density at radius 2 is 0.774 bits per heavy atom. The molecule has 2 nitrogen and oxygen atoms in total. The molecule has 10 rings (SSSR count). The minimum absolute atomic E-state index is 0.318. The first-order valence-electron chi connectivity index (χ1n) is 10.4. The van der Waals surface area contributed by atoms with Gasteiger partial charge in [0.1, 0.15) is 0 Å². The molecule has 4 aliphatic rings. The number of rotatable bonds is 1. The molecule has 6 aromatic carbocycles. The van der Waals surface area contributed by atoms with Gasteiger partial charge in [-0.1, -0.05) is 78.9 Å². The van der Waals surface area contributed by atoms with E-state index in [0.29, 0.717) is 5.56 Å². The van der Waals surface area contributed by atoms with Crippen LogP contribution in [0.5, 0.6) is 0 Å². The van der Waals surface area contributed by atoms with E-state index in [9.17, 15) is 9.90 Å². The van der Waals surface area contributed by atoms with Crippen molar-refractivity contribution in [3.8, 4) is 0 Å². The Bertz CT molecular complexity index is 1900. The van der Waals surface area contributed by atoms with E-state index < -0.39 is 5.97 Å². The van der Waals surface area contributed by atoms with Crippen LogP contribution in [0.2, 0.25) is 0 Å². The fourth-order valence-corrected chi connectivity index (χ4v) is 5.52. The highest BCUT2D eigenvalue weighted by Gasteiger charge is 2.17. The van der Waals surface area contributed by atoms with Crippen LogP contribution in [0.3, 0.4) is 0 Å². The molecule has 0 aliphatic heterocycles. The molecule has 0 amide bonds. The van der Waals surface area contributed by atoms with Crippen molar-refractivity contribution >= 4 is 49.1 Å². The number of carboxylic acids is 1. The summed E-state index contributed by atoms with van der Waals surface area (Å²) in [5, 5.41) is 23.8. The van der Waals surface area contributed by atoms with Gasteiger partial charge < -0.3 is 5.11 Å². The second kappa shape index (κ2) is 5.71. The first-order valence-corrected chi connectivity index (χ1v) is 10.4. The van der Waals surface area contributed by atoms with Crippen LogP contribution >= 0.6 is 0 Å². The number of aromatic carboxylic acids is 1. The molecule has 0 spiro atoms. The molecule has 0 saturated carbocycles. The molecule has 0 unspecified atom stereocenters. The monoisotopic (exact) mass is 396 g/mol. The predicted octanol–water partition coefficient (Wildman–Crippen LogP) is 6.88. The smallest absolute Gasteiger partial charge is 0.335 e. The maximum atomic E-state index is 11.8. The highest BCUT2D eigenvalue weighted by molar-refractivity contribution is 6.10. The van der Waals surface area contributed by atoms with Crippen molar-refractivity contribution in [3.63, 3.8) is 0 Å². The predicted molar refractivity (Wildman–Crippen MR) is 125 cm³/mol. The highest BCUT2D eigenvalue weighted by Crippen LogP contribution is 2.38. The molecule has 0 heterocycles.